The molecule has 1 fully saturated rings. The van der Waals surface area contributed by atoms with Gasteiger partial charge >= 0.3 is 0 Å². The highest BCUT2D eigenvalue weighted by atomic mass is 35.5. The monoisotopic (exact) mass is 491 g/mol. The summed E-state index contributed by atoms with van der Waals surface area (Å²) < 4.78 is 0. The fraction of sp³-hybridized carbons (Fsp3) is 0.238. The molecule has 166 valence electrons. The molecule has 1 amide bonds. The normalized spacial score (nSPS) is 14.3. The zero-order valence-corrected chi connectivity index (χ0v) is 19.4. The first kappa shape index (κ1) is 22.5. The number of halogens is 3. The van der Waals surface area contributed by atoms with Crippen LogP contribution in [0.15, 0.2) is 42.7 Å². The van der Waals surface area contributed by atoms with Crippen LogP contribution in [0.3, 0.4) is 0 Å². The van der Waals surface area contributed by atoms with Crippen LogP contribution in [-0.4, -0.2) is 59.0 Å². The third-order valence-electron chi connectivity index (χ3n) is 4.94. The molecule has 8 nitrogen and oxygen atoms in total. The second kappa shape index (κ2) is 9.87. The Morgan fingerprint density at radius 3 is 2.34 bits per heavy atom. The molecule has 0 spiro atoms. The molecular weight excluding hydrogens is 473 g/mol. The van der Waals surface area contributed by atoms with Gasteiger partial charge in [-0.25, -0.2) is 9.97 Å². The number of carbonyl (C=O) groups is 1. The first-order valence-electron chi connectivity index (χ1n) is 9.84. The molecule has 0 radical (unpaired) electrons. The lowest BCUT2D eigenvalue weighted by Crippen LogP contribution is -2.45. The highest BCUT2D eigenvalue weighted by molar-refractivity contribution is 6.42. The average Bonchev–Trinajstić information content (AvgIpc) is 2.74. The number of amides is 1. The van der Waals surface area contributed by atoms with E-state index in [4.69, 9.17) is 34.8 Å². The Labute approximate surface area is 200 Å². The molecule has 3 heterocycles. The molecule has 0 bridgehead atoms. The fourth-order valence-corrected chi connectivity index (χ4v) is 4.23. The lowest BCUT2D eigenvalue weighted by Gasteiger charge is -2.32. The first-order chi connectivity index (χ1) is 15.4. The minimum Gasteiger partial charge on any atom is -0.338 e. The quantitative estimate of drug-likeness (QED) is 0.539. The average molecular weight is 493 g/mol. The Kier molecular flexibility index (Phi) is 6.95. The molecule has 1 aromatic carbocycles. The van der Waals surface area contributed by atoms with Gasteiger partial charge < -0.3 is 20.4 Å². The Balaban J connectivity index is 1.47. The van der Waals surface area contributed by atoms with Gasteiger partial charge in [0.25, 0.3) is 5.91 Å². The SMILES string of the molecule is CN1CCN(c2nccc(Nc3cc(NC(=O)c4c(Cl)cc(Cl)cc4Cl)ccn3)n2)CC1. The highest BCUT2D eigenvalue weighted by Gasteiger charge is 2.18. The predicted molar refractivity (Wildman–Crippen MR) is 129 cm³/mol. The van der Waals surface area contributed by atoms with Crippen molar-refractivity contribution in [2.45, 2.75) is 0 Å². The van der Waals surface area contributed by atoms with Crippen LogP contribution in [0.4, 0.5) is 23.3 Å². The van der Waals surface area contributed by atoms with Crippen LogP contribution in [0, 0.1) is 0 Å². The van der Waals surface area contributed by atoms with Gasteiger partial charge in [0.15, 0.2) is 0 Å². The van der Waals surface area contributed by atoms with Crippen molar-refractivity contribution in [2.75, 3.05) is 48.8 Å². The maximum Gasteiger partial charge on any atom is 0.258 e. The van der Waals surface area contributed by atoms with E-state index in [0.29, 0.717) is 28.3 Å². The van der Waals surface area contributed by atoms with E-state index in [9.17, 15) is 4.79 Å². The summed E-state index contributed by atoms with van der Waals surface area (Å²) in [7, 11) is 2.10. The van der Waals surface area contributed by atoms with E-state index in [1.165, 1.54) is 12.1 Å². The van der Waals surface area contributed by atoms with Crippen LogP contribution >= 0.6 is 34.8 Å². The molecule has 1 aliphatic heterocycles. The van der Waals surface area contributed by atoms with Gasteiger partial charge in [0.1, 0.15) is 11.6 Å². The Bertz CT molecular complexity index is 1110. The van der Waals surface area contributed by atoms with Crippen LogP contribution in [0.1, 0.15) is 10.4 Å². The standard InChI is InChI=1S/C21H20Cl3N7O/c1-30-6-8-31(9-7-30)21-26-5-3-17(29-21)28-18-12-14(2-4-25-18)27-20(32)19-15(23)10-13(22)11-16(19)24/h2-5,10-12H,6-9H2,1H3,(H2,25,26,27,28,29,32). The van der Waals surface area contributed by atoms with E-state index in [0.717, 1.165) is 26.2 Å². The summed E-state index contributed by atoms with van der Waals surface area (Å²) in [5.41, 5.74) is 0.666. The maximum atomic E-state index is 12.7. The van der Waals surface area contributed by atoms with Crippen molar-refractivity contribution in [3.63, 3.8) is 0 Å². The van der Waals surface area contributed by atoms with Crippen LogP contribution in [-0.2, 0) is 0 Å². The molecule has 1 aliphatic rings. The van der Waals surface area contributed by atoms with Crippen molar-refractivity contribution in [3.8, 4) is 0 Å². The maximum absolute atomic E-state index is 12.7. The van der Waals surface area contributed by atoms with Crippen LogP contribution < -0.4 is 15.5 Å². The molecule has 0 atom stereocenters. The summed E-state index contributed by atoms with van der Waals surface area (Å²) in [4.78, 5) is 30.4. The number of hydrogen-bond acceptors (Lipinski definition) is 7. The summed E-state index contributed by atoms with van der Waals surface area (Å²) in [5, 5.41) is 6.63. The van der Waals surface area contributed by atoms with E-state index in [-0.39, 0.29) is 15.6 Å². The predicted octanol–water partition coefficient (Wildman–Crippen LogP) is 4.58. The minimum atomic E-state index is -0.451. The van der Waals surface area contributed by atoms with Crippen molar-refractivity contribution >= 4 is 64.0 Å². The number of benzene rings is 1. The number of hydrogen-bond donors (Lipinski definition) is 2. The van der Waals surface area contributed by atoms with E-state index >= 15 is 0 Å². The number of pyridine rings is 1. The van der Waals surface area contributed by atoms with Crippen LogP contribution in [0.5, 0.6) is 0 Å². The van der Waals surface area contributed by atoms with Crippen molar-refractivity contribution in [3.05, 3.63) is 63.4 Å². The number of piperazine rings is 1. The fourth-order valence-electron chi connectivity index (χ4n) is 3.24. The van der Waals surface area contributed by atoms with Crippen LogP contribution in [0.25, 0.3) is 0 Å². The van der Waals surface area contributed by atoms with Gasteiger partial charge in [-0.15, -0.1) is 0 Å². The van der Waals surface area contributed by atoms with Gasteiger partial charge in [-0.05, 0) is 31.3 Å². The van der Waals surface area contributed by atoms with E-state index in [2.05, 4.69) is 42.4 Å². The lowest BCUT2D eigenvalue weighted by atomic mass is 10.2. The number of nitrogens with one attached hydrogen (secondary N) is 2. The van der Waals surface area contributed by atoms with Gasteiger partial charge in [-0.2, -0.15) is 4.98 Å². The van der Waals surface area contributed by atoms with Crippen molar-refractivity contribution in [2.24, 2.45) is 0 Å². The van der Waals surface area contributed by atoms with Crippen molar-refractivity contribution < 1.29 is 4.79 Å². The number of nitrogens with zero attached hydrogens (tertiary/aromatic N) is 5. The second-order valence-electron chi connectivity index (χ2n) is 7.29. The molecule has 0 saturated carbocycles. The molecule has 32 heavy (non-hydrogen) atoms. The number of carbonyl (C=O) groups excluding carboxylic acids is 1. The van der Waals surface area contributed by atoms with Gasteiger partial charge in [0.2, 0.25) is 5.95 Å². The van der Waals surface area contributed by atoms with E-state index in [1.807, 2.05) is 0 Å². The molecule has 2 N–H and O–H groups in total. The zero-order valence-electron chi connectivity index (χ0n) is 17.1. The van der Waals surface area contributed by atoms with Crippen LogP contribution in [0.2, 0.25) is 15.1 Å². The van der Waals surface area contributed by atoms with Crippen molar-refractivity contribution in [1.82, 2.24) is 19.9 Å². The molecule has 1 saturated heterocycles. The Morgan fingerprint density at radius 2 is 1.62 bits per heavy atom. The number of anilines is 4. The van der Waals surface area contributed by atoms with E-state index in [1.54, 1.807) is 30.6 Å². The number of rotatable bonds is 5. The van der Waals surface area contributed by atoms with Gasteiger partial charge in [0, 0.05) is 55.3 Å². The summed E-state index contributed by atoms with van der Waals surface area (Å²) >= 11 is 18.2. The summed E-state index contributed by atoms with van der Waals surface area (Å²) in [6, 6.07) is 8.05. The molecule has 0 unspecified atom stereocenters. The number of aromatic nitrogens is 3. The molecular formula is C21H20Cl3N7O. The zero-order chi connectivity index (χ0) is 22.7. The third-order valence-corrected chi connectivity index (χ3v) is 5.75. The van der Waals surface area contributed by atoms with E-state index < -0.39 is 5.91 Å². The molecule has 0 aliphatic carbocycles. The van der Waals surface area contributed by atoms with Gasteiger partial charge in [-0.1, -0.05) is 34.8 Å². The number of likely N-dealkylation sites (N-methyl/N-ethyl adjacent to an activating group) is 1. The smallest absolute Gasteiger partial charge is 0.258 e. The third kappa shape index (κ3) is 5.39. The summed E-state index contributed by atoms with van der Waals surface area (Å²) in [5.74, 6) is 1.33. The van der Waals surface area contributed by atoms with Crippen molar-refractivity contribution in [1.29, 1.82) is 0 Å². The molecule has 2 aromatic heterocycles. The summed E-state index contributed by atoms with van der Waals surface area (Å²) in [6.45, 7) is 3.67. The Morgan fingerprint density at radius 1 is 0.938 bits per heavy atom. The first-order valence-corrected chi connectivity index (χ1v) is 11.0. The lowest BCUT2D eigenvalue weighted by molar-refractivity contribution is 0.102. The van der Waals surface area contributed by atoms with Gasteiger partial charge in [0.05, 0.1) is 15.6 Å². The largest absolute Gasteiger partial charge is 0.338 e. The summed E-state index contributed by atoms with van der Waals surface area (Å²) in [6.07, 6.45) is 3.28. The van der Waals surface area contributed by atoms with Gasteiger partial charge in [-0.3, -0.25) is 4.79 Å². The highest BCUT2D eigenvalue weighted by Crippen LogP contribution is 2.30. The topological polar surface area (TPSA) is 86.3 Å². The minimum absolute atomic E-state index is 0.150. The Hall–Kier alpha value is -2.65. The molecule has 11 heteroatoms. The molecule has 4 rings (SSSR count). The molecule has 3 aromatic rings. The second-order valence-corrected chi connectivity index (χ2v) is 8.54.